The van der Waals surface area contributed by atoms with Crippen molar-refractivity contribution in [3.63, 3.8) is 0 Å². The number of hydrogen-bond acceptors (Lipinski definition) is 4. The molecule has 0 heterocycles. The van der Waals surface area contributed by atoms with Gasteiger partial charge in [0.15, 0.2) is 11.5 Å². The molecule has 1 aromatic carbocycles. The molecular weight excluding hydrogens is 230 g/mol. The van der Waals surface area contributed by atoms with Crippen LogP contribution in [0.2, 0.25) is 0 Å². The Hall–Kier alpha value is -1.26. The maximum atomic E-state index is 9.81. The fourth-order valence-corrected chi connectivity index (χ4v) is 1.41. The molecule has 0 saturated carbocycles. The van der Waals surface area contributed by atoms with Crippen LogP contribution in [0.4, 0.5) is 0 Å². The van der Waals surface area contributed by atoms with Crippen LogP contribution in [0.3, 0.4) is 0 Å². The van der Waals surface area contributed by atoms with Gasteiger partial charge in [0.2, 0.25) is 0 Å². The van der Waals surface area contributed by atoms with Crippen LogP contribution in [0.25, 0.3) is 0 Å². The van der Waals surface area contributed by atoms with E-state index in [1.165, 1.54) is 0 Å². The summed E-state index contributed by atoms with van der Waals surface area (Å²) in [5.41, 5.74) is -0.00851. The Kier molecular flexibility index (Phi) is 5.44. The van der Waals surface area contributed by atoms with Gasteiger partial charge in [0, 0.05) is 12.1 Å². The smallest absolute Gasteiger partial charge is 0.161 e. The van der Waals surface area contributed by atoms with Crippen molar-refractivity contribution in [2.75, 3.05) is 20.3 Å². The lowest BCUT2D eigenvalue weighted by Crippen LogP contribution is -2.42. The number of aliphatic hydroxyl groups excluding tert-OH is 1. The SMILES string of the molecule is COc1ccccc1OC[C@@H](O)CNC(C)(C)C. The molecule has 0 radical (unpaired) electrons. The third-order valence-corrected chi connectivity index (χ3v) is 2.37. The van der Waals surface area contributed by atoms with Gasteiger partial charge >= 0.3 is 0 Å². The van der Waals surface area contributed by atoms with Crippen molar-refractivity contribution < 1.29 is 14.6 Å². The number of nitrogens with one attached hydrogen (secondary N) is 1. The van der Waals surface area contributed by atoms with Crippen molar-refractivity contribution in [3.05, 3.63) is 24.3 Å². The molecular formula is C14H23NO3. The monoisotopic (exact) mass is 253 g/mol. The van der Waals surface area contributed by atoms with E-state index >= 15 is 0 Å². The number of para-hydroxylation sites is 2. The zero-order valence-corrected chi connectivity index (χ0v) is 11.6. The van der Waals surface area contributed by atoms with Crippen LogP contribution in [0.5, 0.6) is 11.5 Å². The standard InChI is InChI=1S/C14H23NO3/c1-14(2,3)15-9-11(16)10-18-13-8-6-5-7-12(13)17-4/h5-8,11,15-16H,9-10H2,1-4H3/t11-/m0/s1. The molecule has 4 heteroatoms. The van der Waals surface area contributed by atoms with E-state index in [-0.39, 0.29) is 12.1 Å². The molecule has 102 valence electrons. The minimum Gasteiger partial charge on any atom is -0.493 e. The van der Waals surface area contributed by atoms with E-state index in [1.54, 1.807) is 7.11 Å². The first kappa shape index (κ1) is 14.8. The number of β-amino-alcohol motifs (C(OH)–C–C–N with tert-alkyl or cyclic N) is 1. The molecule has 0 aliphatic carbocycles. The molecule has 1 rings (SSSR count). The third kappa shape index (κ3) is 5.38. The fourth-order valence-electron chi connectivity index (χ4n) is 1.41. The number of benzene rings is 1. The Morgan fingerprint density at radius 3 is 2.39 bits per heavy atom. The van der Waals surface area contributed by atoms with Crippen LogP contribution in [0.1, 0.15) is 20.8 Å². The lowest BCUT2D eigenvalue weighted by atomic mass is 10.1. The molecule has 0 saturated heterocycles. The Morgan fingerprint density at radius 2 is 1.83 bits per heavy atom. The van der Waals surface area contributed by atoms with Gasteiger partial charge < -0.3 is 19.9 Å². The molecule has 1 aromatic rings. The summed E-state index contributed by atoms with van der Waals surface area (Å²) >= 11 is 0. The Bertz CT molecular complexity index is 360. The van der Waals surface area contributed by atoms with Crippen LogP contribution < -0.4 is 14.8 Å². The summed E-state index contributed by atoms with van der Waals surface area (Å²) in [7, 11) is 1.60. The summed E-state index contributed by atoms with van der Waals surface area (Å²) in [5, 5.41) is 13.0. The van der Waals surface area contributed by atoms with Gasteiger partial charge in [-0.3, -0.25) is 0 Å². The third-order valence-electron chi connectivity index (χ3n) is 2.37. The first-order valence-electron chi connectivity index (χ1n) is 6.11. The van der Waals surface area contributed by atoms with Gasteiger partial charge in [-0.25, -0.2) is 0 Å². The topological polar surface area (TPSA) is 50.7 Å². The zero-order chi connectivity index (χ0) is 13.6. The van der Waals surface area contributed by atoms with Crippen molar-refractivity contribution in [3.8, 4) is 11.5 Å². The van der Waals surface area contributed by atoms with Crippen LogP contribution in [-0.4, -0.2) is 37.0 Å². The number of rotatable bonds is 6. The molecule has 18 heavy (non-hydrogen) atoms. The molecule has 0 aliphatic rings. The van der Waals surface area contributed by atoms with Gasteiger partial charge in [-0.15, -0.1) is 0 Å². The van der Waals surface area contributed by atoms with Gasteiger partial charge in [0.25, 0.3) is 0 Å². The average molecular weight is 253 g/mol. The van der Waals surface area contributed by atoms with Crippen LogP contribution >= 0.6 is 0 Å². The molecule has 1 atom stereocenters. The second-order valence-corrected chi connectivity index (χ2v) is 5.25. The number of hydrogen-bond donors (Lipinski definition) is 2. The first-order valence-corrected chi connectivity index (χ1v) is 6.11. The van der Waals surface area contributed by atoms with Gasteiger partial charge in [0.05, 0.1) is 7.11 Å². The highest BCUT2D eigenvalue weighted by Crippen LogP contribution is 2.25. The van der Waals surface area contributed by atoms with Crippen molar-refractivity contribution in [2.45, 2.75) is 32.4 Å². The first-order chi connectivity index (χ1) is 8.42. The molecule has 4 nitrogen and oxygen atoms in total. The minimum absolute atomic E-state index is 0.00851. The number of ether oxygens (including phenoxy) is 2. The maximum Gasteiger partial charge on any atom is 0.161 e. The molecule has 0 amide bonds. The van der Waals surface area contributed by atoms with Crippen molar-refractivity contribution in [2.24, 2.45) is 0 Å². The van der Waals surface area contributed by atoms with E-state index in [0.717, 1.165) is 0 Å². The van der Waals surface area contributed by atoms with Gasteiger partial charge in [-0.2, -0.15) is 0 Å². The highest BCUT2D eigenvalue weighted by atomic mass is 16.5. The fraction of sp³-hybridized carbons (Fsp3) is 0.571. The second kappa shape index (κ2) is 6.61. The summed E-state index contributed by atoms with van der Waals surface area (Å²) < 4.78 is 10.7. The predicted octanol–water partition coefficient (Wildman–Crippen LogP) is 1.82. The molecule has 0 aromatic heterocycles. The Morgan fingerprint density at radius 1 is 1.22 bits per heavy atom. The zero-order valence-electron chi connectivity index (χ0n) is 11.6. The molecule has 0 unspecified atom stereocenters. The molecule has 0 fully saturated rings. The summed E-state index contributed by atoms with van der Waals surface area (Å²) in [4.78, 5) is 0. The highest BCUT2D eigenvalue weighted by Gasteiger charge is 2.13. The van der Waals surface area contributed by atoms with E-state index in [1.807, 2.05) is 24.3 Å². The van der Waals surface area contributed by atoms with E-state index in [4.69, 9.17) is 9.47 Å². The highest BCUT2D eigenvalue weighted by molar-refractivity contribution is 5.39. The maximum absolute atomic E-state index is 9.81. The van der Waals surface area contributed by atoms with Gasteiger partial charge in [0.1, 0.15) is 12.7 Å². The van der Waals surface area contributed by atoms with Crippen LogP contribution in [0, 0.1) is 0 Å². The summed E-state index contributed by atoms with van der Waals surface area (Å²) in [5.74, 6) is 1.32. The lowest BCUT2D eigenvalue weighted by Gasteiger charge is -2.23. The lowest BCUT2D eigenvalue weighted by molar-refractivity contribution is 0.0985. The van der Waals surface area contributed by atoms with Gasteiger partial charge in [-0.05, 0) is 32.9 Å². The van der Waals surface area contributed by atoms with E-state index in [0.29, 0.717) is 18.0 Å². The second-order valence-electron chi connectivity index (χ2n) is 5.25. The normalized spacial score (nSPS) is 13.2. The summed E-state index contributed by atoms with van der Waals surface area (Å²) in [6, 6.07) is 7.40. The minimum atomic E-state index is -0.547. The number of aliphatic hydroxyl groups is 1. The van der Waals surface area contributed by atoms with Crippen LogP contribution in [-0.2, 0) is 0 Å². The molecule has 0 spiro atoms. The molecule has 2 N–H and O–H groups in total. The Labute approximate surface area is 109 Å². The summed E-state index contributed by atoms with van der Waals surface area (Å²) in [6.07, 6.45) is -0.547. The largest absolute Gasteiger partial charge is 0.493 e. The van der Waals surface area contributed by atoms with E-state index in [9.17, 15) is 5.11 Å². The quantitative estimate of drug-likeness (QED) is 0.812. The molecule has 0 bridgehead atoms. The van der Waals surface area contributed by atoms with Crippen molar-refractivity contribution in [1.29, 1.82) is 0 Å². The number of methoxy groups -OCH3 is 1. The van der Waals surface area contributed by atoms with Gasteiger partial charge in [-0.1, -0.05) is 12.1 Å². The van der Waals surface area contributed by atoms with E-state index in [2.05, 4.69) is 26.1 Å². The predicted molar refractivity (Wildman–Crippen MR) is 72.3 cm³/mol. The van der Waals surface area contributed by atoms with Crippen molar-refractivity contribution in [1.82, 2.24) is 5.32 Å². The Balaban J connectivity index is 2.40. The van der Waals surface area contributed by atoms with Crippen LogP contribution in [0.15, 0.2) is 24.3 Å². The molecule has 0 aliphatic heterocycles. The average Bonchev–Trinajstić information content (AvgIpc) is 2.33. The van der Waals surface area contributed by atoms with E-state index < -0.39 is 6.10 Å². The van der Waals surface area contributed by atoms with Crippen molar-refractivity contribution >= 4 is 0 Å². The summed E-state index contributed by atoms with van der Waals surface area (Å²) in [6.45, 7) is 6.91.